The van der Waals surface area contributed by atoms with Crippen LogP contribution < -0.4 is 5.73 Å². The van der Waals surface area contributed by atoms with Crippen LogP contribution in [0.25, 0.3) is 11.5 Å². The van der Waals surface area contributed by atoms with Crippen molar-refractivity contribution in [3.63, 3.8) is 0 Å². The van der Waals surface area contributed by atoms with Crippen LogP contribution in [-0.2, 0) is 6.54 Å². The fraction of sp³-hybridized carbons (Fsp3) is 0.0909. The highest BCUT2D eigenvalue weighted by atomic mass is 16.3. The van der Waals surface area contributed by atoms with Crippen molar-refractivity contribution in [2.75, 3.05) is 0 Å². The van der Waals surface area contributed by atoms with Crippen LogP contribution in [0.5, 0.6) is 0 Å². The first-order valence-electron chi connectivity index (χ1n) is 4.48. The molecule has 0 fully saturated rings. The van der Waals surface area contributed by atoms with Crippen molar-refractivity contribution in [2.45, 2.75) is 6.54 Å². The molecule has 0 aliphatic carbocycles. The summed E-state index contributed by atoms with van der Waals surface area (Å²) in [6.07, 6.45) is 1.52. The first kappa shape index (κ1) is 9.44. The van der Waals surface area contributed by atoms with Crippen LogP contribution in [0.4, 0.5) is 0 Å². The van der Waals surface area contributed by atoms with Crippen LogP contribution in [0.1, 0.15) is 11.3 Å². The normalized spacial score (nSPS) is 9.87. The van der Waals surface area contributed by atoms with Crippen LogP contribution in [-0.4, -0.2) is 4.98 Å². The molecule has 2 N–H and O–H groups in total. The van der Waals surface area contributed by atoms with E-state index < -0.39 is 0 Å². The van der Waals surface area contributed by atoms with Crippen molar-refractivity contribution in [3.05, 3.63) is 41.8 Å². The molecule has 0 unspecified atom stereocenters. The van der Waals surface area contributed by atoms with Crippen molar-refractivity contribution >= 4 is 0 Å². The molecule has 1 heterocycles. The number of hydrogen-bond acceptors (Lipinski definition) is 4. The molecule has 0 amide bonds. The Labute approximate surface area is 87.0 Å². The van der Waals surface area contributed by atoms with Crippen molar-refractivity contribution in [2.24, 2.45) is 5.73 Å². The summed E-state index contributed by atoms with van der Waals surface area (Å²) in [5.41, 5.74) is 7.49. The molecule has 1 aromatic carbocycles. The van der Waals surface area contributed by atoms with Gasteiger partial charge in [-0.15, -0.1) is 0 Å². The minimum atomic E-state index is 0.349. The second kappa shape index (κ2) is 3.95. The highest BCUT2D eigenvalue weighted by Gasteiger charge is 2.05. The van der Waals surface area contributed by atoms with E-state index in [0.717, 1.165) is 5.56 Å². The van der Waals surface area contributed by atoms with Crippen LogP contribution in [0.3, 0.4) is 0 Å². The third-order valence-electron chi connectivity index (χ3n) is 2.00. The van der Waals surface area contributed by atoms with Gasteiger partial charge in [0, 0.05) is 12.1 Å². The highest BCUT2D eigenvalue weighted by molar-refractivity contribution is 5.56. The molecule has 74 valence electrons. The monoisotopic (exact) mass is 199 g/mol. The Bertz CT molecular complexity index is 511. The van der Waals surface area contributed by atoms with Crippen molar-refractivity contribution in [1.29, 1.82) is 5.26 Å². The molecule has 4 heteroatoms. The van der Waals surface area contributed by atoms with E-state index in [9.17, 15) is 0 Å². The molecule has 0 atom stereocenters. The summed E-state index contributed by atoms with van der Waals surface area (Å²) in [6.45, 7) is 0.349. The van der Waals surface area contributed by atoms with Gasteiger partial charge in [-0.3, -0.25) is 0 Å². The van der Waals surface area contributed by atoms with Gasteiger partial charge >= 0.3 is 0 Å². The number of benzene rings is 1. The largest absolute Gasteiger partial charge is 0.444 e. The van der Waals surface area contributed by atoms with Gasteiger partial charge in [-0.2, -0.15) is 5.26 Å². The van der Waals surface area contributed by atoms with E-state index in [4.69, 9.17) is 15.4 Å². The lowest BCUT2D eigenvalue weighted by Crippen LogP contribution is -1.95. The van der Waals surface area contributed by atoms with Crippen molar-refractivity contribution in [1.82, 2.24) is 4.98 Å². The van der Waals surface area contributed by atoms with Crippen LogP contribution >= 0.6 is 0 Å². The predicted octanol–water partition coefficient (Wildman–Crippen LogP) is 1.67. The second-order valence-electron chi connectivity index (χ2n) is 3.04. The Morgan fingerprint density at radius 3 is 3.00 bits per heavy atom. The third-order valence-corrected chi connectivity index (χ3v) is 2.00. The molecule has 0 saturated carbocycles. The van der Waals surface area contributed by atoms with Gasteiger partial charge in [-0.25, -0.2) is 4.98 Å². The molecule has 0 spiro atoms. The minimum absolute atomic E-state index is 0.349. The maximum Gasteiger partial charge on any atom is 0.226 e. The molecule has 0 radical (unpaired) electrons. The van der Waals surface area contributed by atoms with Gasteiger partial charge in [0.1, 0.15) is 6.26 Å². The summed E-state index contributed by atoms with van der Waals surface area (Å²) in [7, 11) is 0. The molecule has 2 aromatic rings. The summed E-state index contributed by atoms with van der Waals surface area (Å²) in [5, 5.41) is 8.74. The van der Waals surface area contributed by atoms with E-state index in [1.54, 1.807) is 18.2 Å². The first-order valence-corrected chi connectivity index (χ1v) is 4.48. The van der Waals surface area contributed by atoms with Crippen molar-refractivity contribution < 1.29 is 4.42 Å². The van der Waals surface area contributed by atoms with Gasteiger partial charge < -0.3 is 10.2 Å². The lowest BCUT2D eigenvalue weighted by atomic mass is 10.1. The zero-order chi connectivity index (χ0) is 10.7. The first-order chi connectivity index (χ1) is 7.33. The number of hydrogen-bond donors (Lipinski definition) is 1. The summed E-state index contributed by atoms with van der Waals surface area (Å²) in [5.74, 6) is 0.493. The smallest absolute Gasteiger partial charge is 0.226 e. The third kappa shape index (κ3) is 1.87. The van der Waals surface area contributed by atoms with Crippen LogP contribution in [0.15, 0.2) is 34.9 Å². The maximum atomic E-state index is 8.74. The van der Waals surface area contributed by atoms with E-state index in [2.05, 4.69) is 11.1 Å². The van der Waals surface area contributed by atoms with E-state index >= 15 is 0 Å². The van der Waals surface area contributed by atoms with Gasteiger partial charge in [-0.05, 0) is 18.2 Å². The van der Waals surface area contributed by atoms with Gasteiger partial charge in [0.25, 0.3) is 0 Å². The molecule has 4 nitrogen and oxygen atoms in total. The number of nitrogens with zero attached hydrogens (tertiary/aromatic N) is 2. The zero-order valence-corrected chi connectivity index (χ0v) is 7.97. The van der Waals surface area contributed by atoms with Gasteiger partial charge in [0.15, 0.2) is 0 Å². The molecule has 0 saturated heterocycles. The fourth-order valence-electron chi connectivity index (χ4n) is 1.26. The average molecular weight is 199 g/mol. The van der Waals surface area contributed by atoms with E-state index in [1.165, 1.54) is 6.26 Å². The predicted molar refractivity (Wildman–Crippen MR) is 54.5 cm³/mol. The fourth-order valence-corrected chi connectivity index (χ4v) is 1.26. The second-order valence-corrected chi connectivity index (χ2v) is 3.04. The molecule has 0 bridgehead atoms. The van der Waals surface area contributed by atoms with E-state index in [0.29, 0.717) is 23.7 Å². The highest BCUT2D eigenvalue weighted by Crippen LogP contribution is 2.19. The molecule has 1 aromatic heterocycles. The van der Waals surface area contributed by atoms with Gasteiger partial charge in [0.05, 0.1) is 17.3 Å². The topological polar surface area (TPSA) is 75.8 Å². The Hall–Kier alpha value is -2.12. The SMILES string of the molecule is N#Cc1cccc(-c2nc(CN)co2)c1. The maximum absolute atomic E-state index is 8.74. The number of nitriles is 1. The average Bonchev–Trinajstić information content (AvgIpc) is 2.78. The summed E-state index contributed by atoms with van der Waals surface area (Å²) in [6, 6.07) is 9.16. The van der Waals surface area contributed by atoms with Gasteiger partial charge in [-0.1, -0.05) is 6.07 Å². The Kier molecular flexibility index (Phi) is 2.48. The Morgan fingerprint density at radius 1 is 1.47 bits per heavy atom. The van der Waals surface area contributed by atoms with Crippen molar-refractivity contribution in [3.8, 4) is 17.5 Å². The van der Waals surface area contributed by atoms with Gasteiger partial charge in [0.2, 0.25) is 5.89 Å². The lowest BCUT2D eigenvalue weighted by molar-refractivity contribution is 0.572. The standard InChI is InChI=1S/C11H9N3O/c12-5-8-2-1-3-9(4-8)11-14-10(6-13)7-15-11/h1-4,7H,6,13H2. The molecule has 0 aliphatic rings. The number of aromatic nitrogens is 1. The minimum Gasteiger partial charge on any atom is -0.444 e. The quantitative estimate of drug-likeness (QED) is 0.798. The zero-order valence-electron chi connectivity index (χ0n) is 7.97. The molecular weight excluding hydrogens is 190 g/mol. The molecular formula is C11H9N3O. The van der Waals surface area contributed by atoms with Crippen LogP contribution in [0, 0.1) is 11.3 Å². The molecule has 15 heavy (non-hydrogen) atoms. The van der Waals surface area contributed by atoms with Crippen LogP contribution in [0.2, 0.25) is 0 Å². The Morgan fingerprint density at radius 2 is 2.33 bits per heavy atom. The summed E-state index contributed by atoms with van der Waals surface area (Å²) in [4.78, 5) is 4.17. The van der Waals surface area contributed by atoms with E-state index in [-0.39, 0.29) is 0 Å². The summed E-state index contributed by atoms with van der Waals surface area (Å²) >= 11 is 0. The summed E-state index contributed by atoms with van der Waals surface area (Å²) < 4.78 is 5.24. The number of rotatable bonds is 2. The Balaban J connectivity index is 2.41. The van der Waals surface area contributed by atoms with E-state index in [1.807, 2.05) is 6.07 Å². The number of nitrogens with two attached hydrogens (primary N) is 1. The lowest BCUT2D eigenvalue weighted by Gasteiger charge is -1.94. The molecule has 0 aliphatic heterocycles. The molecule has 2 rings (SSSR count). The number of oxazole rings is 1.